The summed E-state index contributed by atoms with van der Waals surface area (Å²) in [5, 5.41) is 3.51. The molecule has 14 heavy (non-hydrogen) atoms. The molecule has 1 rings (SSSR count). The van der Waals surface area contributed by atoms with E-state index in [4.69, 9.17) is 5.53 Å². The van der Waals surface area contributed by atoms with Crippen molar-refractivity contribution < 1.29 is 0 Å². The second-order valence-corrected chi connectivity index (χ2v) is 3.15. The van der Waals surface area contributed by atoms with Gasteiger partial charge in [0, 0.05) is 4.91 Å². The van der Waals surface area contributed by atoms with Crippen LogP contribution in [0.4, 0.5) is 0 Å². The minimum Gasteiger partial charge on any atom is -0.0893 e. The second kappa shape index (κ2) is 6.06. The minimum atomic E-state index is 0.441. The predicted octanol–water partition coefficient (Wildman–Crippen LogP) is 3.65. The van der Waals surface area contributed by atoms with Gasteiger partial charge in [-0.1, -0.05) is 36.3 Å². The van der Waals surface area contributed by atoms with Crippen molar-refractivity contribution in [3.8, 4) is 0 Å². The topological polar surface area (TPSA) is 48.8 Å². The molecule has 1 aromatic carbocycles. The molecule has 0 aromatic heterocycles. The van der Waals surface area contributed by atoms with E-state index in [1.165, 1.54) is 5.56 Å². The molecule has 0 aliphatic carbocycles. The van der Waals surface area contributed by atoms with Crippen LogP contribution in [0.2, 0.25) is 0 Å². The number of benzene rings is 1. The molecule has 0 saturated heterocycles. The molecule has 0 aliphatic heterocycles. The van der Waals surface area contributed by atoms with Crippen LogP contribution in [0, 0.1) is 6.42 Å². The monoisotopic (exact) mass is 188 g/mol. The summed E-state index contributed by atoms with van der Waals surface area (Å²) in [6, 6.07) is 8.21. The van der Waals surface area contributed by atoms with Gasteiger partial charge in [0.15, 0.2) is 0 Å². The average Bonchev–Trinajstić information content (AvgIpc) is 2.25. The van der Waals surface area contributed by atoms with E-state index < -0.39 is 0 Å². The van der Waals surface area contributed by atoms with Gasteiger partial charge in [0.2, 0.25) is 0 Å². The molecular formula is C11H14N3. The zero-order valence-electron chi connectivity index (χ0n) is 8.35. The number of hydrogen-bond acceptors (Lipinski definition) is 1. The van der Waals surface area contributed by atoms with Crippen LogP contribution in [-0.4, -0.2) is 0 Å². The zero-order chi connectivity index (χ0) is 10.2. The normalized spacial score (nSPS) is 9.50. The van der Waals surface area contributed by atoms with Gasteiger partial charge in [-0.25, -0.2) is 0 Å². The number of unbranched alkanes of at least 4 members (excludes halogenated alkanes) is 1. The maximum atomic E-state index is 8.15. The van der Waals surface area contributed by atoms with Crippen molar-refractivity contribution in [2.75, 3.05) is 0 Å². The summed E-state index contributed by atoms with van der Waals surface area (Å²) < 4.78 is 0. The zero-order valence-corrected chi connectivity index (χ0v) is 8.35. The molecule has 1 radical (unpaired) electrons. The standard InChI is InChI=1S/C11H14N3/c1-2-3-4-10-5-7-11(8-6-10)9-13-14-12/h2,5-8H,3-4,9H2,1H3. The summed E-state index contributed by atoms with van der Waals surface area (Å²) >= 11 is 0. The van der Waals surface area contributed by atoms with E-state index in [1.807, 2.05) is 12.1 Å². The third-order valence-corrected chi connectivity index (χ3v) is 2.06. The lowest BCUT2D eigenvalue weighted by Gasteiger charge is -2.00. The van der Waals surface area contributed by atoms with Crippen molar-refractivity contribution in [2.24, 2.45) is 5.11 Å². The lowest BCUT2D eigenvalue weighted by atomic mass is 10.1. The van der Waals surface area contributed by atoms with Crippen molar-refractivity contribution in [2.45, 2.75) is 26.3 Å². The van der Waals surface area contributed by atoms with Gasteiger partial charge in [0.25, 0.3) is 0 Å². The highest BCUT2D eigenvalue weighted by Gasteiger charge is 1.93. The number of aryl methyl sites for hydroxylation is 1. The van der Waals surface area contributed by atoms with Crippen LogP contribution in [0.15, 0.2) is 29.4 Å². The summed E-state index contributed by atoms with van der Waals surface area (Å²) in [6.07, 6.45) is 4.35. The molecule has 3 nitrogen and oxygen atoms in total. The van der Waals surface area contributed by atoms with Crippen molar-refractivity contribution in [1.29, 1.82) is 0 Å². The highest BCUT2D eigenvalue weighted by atomic mass is 15.1. The van der Waals surface area contributed by atoms with Crippen LogP contribution in [0.1, 0.15) is 24.5 Å². The van der Waals surface area contributed by atoms with Crippen LogP contribution in [0.25, 0.3) is 10.4 Å². The molecule has 0 aliphatic rings. The van der Waals surface area contributed by atoms with Gasteiger partial charge in [-0.05, 0) is 35.9 Å². The number of hydrogen-bond donors (Lipinski definition) is 0. The fourth-order valence-electron chi connectivity index (χ4n) is 1.24. The van der Waals surface area contributed by atoms with E-state index >= 15 is 0 Å². The predicted molar refractivity (Wildman–Crippen MR) is 57.6 cm³/mol. The molecule has 73 valence electrons. The van der Waals surface area contributed by atoms with Gasteiger partial charge in [-0.3, -0.25) is 0 Å². The number of nitrogens with zero attached hydrogens (tertiary/aromatic N) is 3. The highest BCUT2D eigenvalue weighted by Crippen LogP contribution is 2.08. The Kier molecular flexibility index (Phi) is 4.59. The number of azide groups is 1. The number of rotatable bonds is 5. The fraction of sp³-hybridized carbons (Fsp3) is 0.364. The molecule has 1 aromatic rings. The largest absolute Gasteiger partial charge is 0.0893 e. The van der Waals surface area contributed by atoms with E-state index in [0.717, 1.165) is 18.4 Å². The molecule has 0 bridgehead atoms. The Labute approximate surface area is 84.4 Å². The molecular weight excluding hydrogens is 174 g/mol. The smallest absolute Gasteiger partial charge is 0.0510 e. The van der Waals surface area contributed by atoms with Crippen molar-refractivity contribution in [1.82, 2.24) is 0 Å². The average molecular weight is 188 g/mol. The second-order valence-electron chi connectivity index (χ2n) is 3.15. The Bertz CT molecular complexity index is 310. The Balaban J connectivity index is 2.54. The van der Waals surface area contributed by atoms with E-state index in [2.05, 4.69) is 35.5 Å². The lowest BCUT2D eigenvalue weighted by Crippen LogP contribution is -1.86. The van der Waals surface area contributed by atoms with Crippen LogP contribution in [0.3, 0.4) is 0 Å². The quantitative estimate of drug-likeness (QED) is 0.384. The van der Waals surface area contributed by atoms with Gasteiger partial charge >= 0.3 is 0 Å². The van der Waals surface area contributed by atoms with E-state index in [-0.39, 0.29) is 0 Å². The Morgan fingerprint density at radius 1 is 1.29 bits per heavy atom. The van der Waals surface area contributed by atoms with Gasteiger partial charge in [-0.2, -0.15) is 0 Å². The summed E-state index contributed by atoms with van der Waals surface area (Å²) in [7, 11) is 0. The van der Waals surface area contributed by atoms with Crippen LogP contribution in [-0.2, 0) is 13.0 Å². The van der Waals surface area contributed by atoms with Gasteiger partial charge in [-0.15, -0.1) is 0 Å². The third kappa shape index (κ3) is 3.50. The van der Waals surface area contributed by atoms with E-state index in [9.17, 15) is 0 Å². The molecule has 0 N–H and O–H groups in total. The maximum Gasteiger partial charge on any atom is 0.0510 e. The Morgan fingerprint density at radius 2 is 1.93 bits per heavy atom. The summed E-state index contributed by atoms with van der Waals surface area (Å²) in [4.78, 5) is 2.72. The summed E-state index contributed by atoms with van der Waals surface area (Å²) in [6.45, 7) is 2.51. The van der Waals surface area contributed by atoms with E-state index in [0.29, 0.717) is 6.54 Å². The highest BCUT2D eigenvalue weighted by molar-refractivity contribution is 5.22. The minimum absolute atomic E-state index is 0.441. The molecule has 0 heterocycles. The fourth-order valence-corrected chi connectivity index (χ4v) is 1.24. The molecule has 0 atom stereocenters. The SMILES string of the molecule is C[CH]CCc1ccc(CN=[N+]=[N-])cc1. The maximum absolute atomic E-state index is 8.15. The molecule has 0 amide bonds. The van der Waals surface area contributed by atoms with Crippen LogP contribution in [0.5, 0.6) is 0 Å². The molecule has 0 spiro atoms. The van der Waals surface area contributed by atoms with E-state index in [1.54, 1.807) is 0 Å². The third-order valence-electron chi connectivity index (χ3n) is 2.06. The molecule has 0 fully saturated rings. The first-order valence-corrected chi connectivity index (χ1v) is 4.73. The Morgan fingerprint density at radius 3 is 2.50 bits per heavy atom. The van der Waals surface area contributed by atoms with Crippen LogP contribution < -0.4 is 0 Å². The van der Waals surface area contributed by atoms with Crippen LogP contribution >= 0.6 is 0 Å². The van der Waals surface area contributed by atoms with Crippen molar-refractivity contribution in [3.05, 3.63) is 52.3 Å². The van der Waals surface area contributed by atoms with Gasteiger partial charge in [0.05, 0.1) is 6.54 Å². The lowest BCUT2D eigenvalue weighted by molar-refractivity contribution is 0.933. The summed E-state index contributed by atoms with van der Waals surface area (Å²) in [5.41, 5.74) is 10.5. The summed E-state index contributed by atoms with van der Waals surface area (Å²) in [5.74, 6) is 0. The first-order chi connectivity index (χ1) is 6.86. The first kappa shape index (κ1) is 10.6. The Hall–Kier alpha value is -1.47. The molecule has 3 heteroatoms. The first-order valence-electron chi connectivity index (χ1n) is 4.73. The van der Waals surface area contributed by atoms with Gasteiger partial charge < -0.3 is 0 Å². The molecule has 0 saturated carbocycles. The van der Waals surface area contributed by atoms with Crippen molar-refractivity contribution in [3.63, 3.8) is 0 Å². The molecule has 0 unspecified atom stereocenters. The van der Waals surface area contributed by atoms with Gasteiger partial charge in [0.1, 0.15) is 0 Å². The van der Waals surface area contributed by atoms with Crippen molar-refractivity contribution >= 4 is 0 Å².